The average molecular weight is 498 g/mol. The number of amides is 1. The molecule has 0 aliphatic carbocycles. The van der Waals surface area contributed by atoms with E-state index in [1.54, 1.807) is 42.5 Å². The van der Waals surface area contributed by atoms with Crippen molar-refractivity contribution in [3.8, 4) is 11.1 Å². The van der Waals surface area contributed by atoms with E-state index >= 15 is 0 Å². The average Bonchev–Trinajstić information content (AvgIpc) is 3.21. The van der Waals surface area contributed by atoms with Crippen molar-refractivity contribution in [2.75, 3.05) is 5.32 Å². The number of aliphatic carboxylic acids is 1. The van der Waals surface area contributed by atoms with Crippen molar-refractivity contribution in [3.63, 3.8) is 0 Å². The number of carboxylic acid groups (broad SMARTS) is 1. The van der Waals surface area contributed by atoms with Crippen molar-refractivity contribution in [1.29, 1.82) is 0 Å². The van der Waals surface area contributed by atoms with Crippen molar-refractivity contribution in [2.45, 2.75) is 25.8 Å². The molecule has 1 amide bonds. The van der Waals surface area contributed by atoms with Crippen LogP contribution in [0.25, 0.3) is 21.3 Å². The molecule has 0 bridgehead atoms. The van der Waals surface area contributed by atoms with E-state index in [-0.39, 0.29) is 0 Å². The maximum atomic E-state index is 14.8. The van der Waals surface area contributed by atoms with E-state index in [0.29, 0.717) is 39.8 Å². The minimum atomic E-state index is -1.06. The Labute approximate surface area is 204 Å². The van der Waals surface area contributed by atoms with Crippen molar-refractivity contribution >= 4 is 55.8 Å². The largest absolute Gasteiger partial charge is 0.480 e. The van der Waals surface area contributed by atoms with Crippen LogP contribution in [0.1, 0.15) is 30.1 Å². The standard InChI is InChI=1S/C25H21ClFN3O3S/c1-2-3-21(24(32)33)28-23(31)15-6-4-14(5-7-15)16-8-10-19(18(27)12-16)29-25-30-20-11-9-17(26)13-22(20)34-25/h4-13,21H,2-3H2,1H3,(H,28,31)(H,29,30)(H,32,33)/t21-/m0/s1. The molecule has 4 aromatic rings. The van der Waals surface area contributed by atoms with Gasteiger partial charge in [0, 0.05) is 10.6 Å². The molecule has 0 unspecified atom stereocenters. The van der Waals surface area contributed by atoms with Gasteiger partial charge in [0.15, 0.2) is 5.13 Å². The highest BCUT2D eigenvalue weighted by Gasteiger charge is 2.19. The van der Waals surface area contributed by atoms with E-state index < -0.39 is 23.7 Å². The number of halogens is 2. The molecule has 1 aromatic heterocycles. The zero-order chi connectivity index (χ0) is 24.2. The first-order chi connectivity index (χ1) is 16.3. The fraction of sp³-hybridized carbons (Fsp3) is 0.160. The summed E-state index contributed by atoms with van der Waals surface area (Å²) in [5, 5.41) is 15.9. The molecular formula is C25H21ClFN3O3S. The van der Waals surface area contributed by atoms with Gasteiger partial charge in [-0.15, -0.1) is 0 Å². The minimum absolute atomic E-state index is 0.292. The van der Waals surface area contributed by atoms with Crippen LogP contribution in [0.15, 0.2) is 60.7 Å². The molecule has 34 heavy (non-hydrogen) atoms. The molecule has 6 nitrogen and oxygen atoms in total. The number of nitrogens with one attached hydrogen (secondary N) is 2. The highest BCUT2D eigenvalue weighted by atomic mass is 35.5. The normalized spacial score (nSPS) is 11.9. The highest BCUT2D eigenvalue weighted by Crippen LogP contribution is 2.32. The van der Waals surface area contributed by atoms with Crippen molar-refractivity contribution in [1.82, 2.24) is 10.3 Å². The van der Waals surface area contributed by atoms with Gasteiger partial charge >= 0.3 is 5.97 Å². The van der Waals surface area contributed by atoms with Gasteiger partial charge in [-0.25, -0.2) is 14.2 Å². The number of thiazole rings is 1. The van der Waals surface area contributed by atoms with Crippen molar-refractivity contribution in [2.24, 2.45) is 0 Å². The SMILES string of the molecule is CCC[C@H](NC(=O)c1ccc(-c2ccc(Nc3nc4ccc(Cl)cc4s3)c(F)c2)cc1)C(=O)O. The molecule has 3 N–H and O–H groups in total. The lowest BCUT2D eigenvalue weighted by Crippen LogP contribution is -2.40. The first kappa shape index (κ1) is 23.7. The van der Waals surface area contributed by atoms with Crippen LogP contribution in [0, 0.1) is 5.82 Å². The lowest BCUT2D eigenvalue weighted by atomic mass is 10.0. The fourth-order valence-electron chi connectivity index (χ4n) is 3.46. The highest BCUT2D eigenvalue weighted by molar-refractivity contribution is 7.22. The number of aromatic nitrogens is 1. The second-order valence-electron chi connectivity index (χ2n) is 7.68. The van der Waals surface area contributed by atoms with E-state index in [9.17, 15) is 19.1 Å². The lowest BCUT2D eigenvalue weighted by Gasteiger charge is -2.13. The predicted octanol–water partition coefficient (Wildman–Crippen LogP) is 6.48. The number of benzene rings is 3. The summed E-state index contributed by atoms with van der Waals surface area (Å²) in [5.74, 6) is -1.97. The van der Waals surface area contributed by atoms with Crippen LogP contribution in [-0.4, -0.2) is 28.0 Å². The Bertz CT molecular complexity index is 1360. The molecule has 0 radical (unpaired) electrons. The van der Waals surface area contributed by atoms with Gasteiger partial charge in [-0.2, -0.15) is 0 Å². The zero-order valence-corrected chi connectivity index (χ0v) is 19.7. The van der Waals surface area contributed by atoms with Crippen LogP contribution in [0.5, 0.6) is 0 Å². The van der Waals surface area contributed by atoms with Crippen LogP contribution >= 0.6 is 22.9 Å². The molecule has 0 saturated heterocycles. The van der Waals surface area contributed by atoms with Gasteiger partial charge in [-0.05, 0) is 60.0 Å². The molecule has 4 rings (SSSR count). The summed E-state index contributed by atoms with van der Waals surface area (Å²) in [6.45, 7) is 1.85. The molecule has 3 aromatic carbocycles. The van der Waals surface area contributed by atoms with Gasteiger partial charge in [0.2, 0.25) is 0 Å². The Hall–Kier alpha value is -3.49. The smallest absolute Gasteiger partial charge is 0.326 e. The Morgan fingerprint density at radius 3 is 2.50 bits per heavy atom. The Kier molecular flexibility index (Phi) is 7.09. The molecule has 0 fully saturated rings. The molecule has 174 valence electrons. The molecule has 1 atom stereocenters. The first-order valence-electron chi connectivity index (χ1n) is 10.6. The molecule has 0 aliphatic rings. The lowest BCUT2D eigenvalue weighted by molar-refractivity contribution is -0.139. The van der Waals surface area contributed by atoms with E-state index in [2.05, 4.69) is 15.6 Å². The van der Waals surface area contributed by atoms with Gasteiger partial charge in [0.1, 0.15) is 11.9 Å². The number of hydrogen-bond acceptors (Lipinski definition) is 5. The predicted molar refractivity (Wildman–Crippen MR) is 134 cm³/mol. The molecule has 1 heterocycles. The second-order valence-corrected chi connectivity index (χ2v) is 9.15. The van der Waals surface area contributed by atoms with Gasteiger partial charge in [-0.3, -0.25) is 4.79 Å². The quantitative estimate of drug-likeness (QED) is 0.259. The molecule has 9 heteroatoms. The first-order valence-corrected chi connectivity index (χ1v) is 11.8. The summed E-state index contributed by atoms with van der Waals surface area (Å²) >= 11 is 7.40. The summed E-state index contributed by atoms with van der Waals surface area (Å²) in [5.41, 5.74) is 2.77. The number of carbonyl (C=O) groups is 2. The van der Waals surface area contributed by atoms with E-state index in [0.717, 1.165) is 15.8 Å². The maximum absolute atomic E-state index is 14.8. The monoisotopic (exact) mass is 497 g/mol. The van der Waals surface area contributed by atoms with Crippen LogP contribution < -0.4 is 10.6 Å². The number of carbonyl (C=O) groups excluding carboxylic acids is 1. The van der Waals surface area contributed by atoms with Crippen molar-refractivity contribution < 1.29 is 19.1 Å². The summed E-state index contributed by atoms with van der Waals surface area (Å²) in [7, 11) is 0. The summed E-state index contributed by atoms with van der Waals surface area (Å²) in [4.78, 5) is 28.1. The number of carboxylic acids is 1. The summed E-state index contributed by atoms with van der Waals surface area (Å²) in [6, 6.07) is 15.8. The third-order valence-electron chi connectivity index (χ3n) is 5.22. The summed E-state index contributed by atoms with van der Waals surface area (Å²) < 4.78 is 15.7. The van der Waals surface area contributed by atoms with Gasteiger partial charge in [0.25, 0.3) is 5.91 Å². The Morgan fingerprint density at radius 2 is 1.82 bits per heavy atom. The van der Waals surface area contributed by atoms with Crippen molar-refractivity contribution in [3.05, 3.63) is 77.1 Å². The third kappa shape index (κ3) is 5.35. The van der Waals surface area contributed by atoms with Crippen LogP contribution in [0.4, 0.5) is 15.2 Å². The number of nitrogens with zero attached hydrogens (tertiary/aromatic N) is 1. The zero-order valence-electron chi connectivity index (χ0n) is 18.1. The van der Waals surface area contributed by atoms with E-state index in [1.165, 1.54) is 17.4 Å². The van der Waals surface area contributed by atoms with Crippen LogP contribution in [0.2, 0.25) is 5.02 Å². The molecule has 0 spiro atoms. The fourth-order valence-corrected chi connectivity index (χ4v) is 4.62. The number of anilines is 2. The van der Waals surface area contributed by atoms with E-state index in [4.69, 9.17) is 11.6 Å². The number of fused-ring (bicyclic) bond motifs is 1. The maximum Gasteiger partial charge on any atom is 0.326 e. The minimum Gasteiger partial charge on any atom is -0.480 e. The molecule has 0 aliphatic heterocycles. The Morgan fingerprint density at radius 1 is 1.09 bits per heavy atom. The van der Waals surface area contributed by atoms with Crippen LogP contribution in [-0.2, 0) is 4.79 Å². The van der Waals surface area contributed by atoms with Gasteiger partial charge < -0.3 is 15.7 Å². The third-order valence-corrected chi connectivity index (χ3v) is 6.39. The van der Waals surface area contributed by atoms with Crippen LogP contribution in [0.3, 0.4) is 0 Å². The Balaban J connectivity index is 1.47. The summed E-state index contributed by atoms with van der Waals surface area (Å²) in [6.07, 6.45) is 0.990. The van der Waals surface area contributed by atoms with E-state index in [1.807, 2.05) is 19.1 Å². The van der Waals surface area contributed by atoms with Gasteiger partial charge in [0.05, 0.1) is 15.9 Å². The topological polar surface area (TPSA) is 91.3 Å². The second kappa shape index (κ2) is 10.2. The van der Waals surface area contributed by atoms with Gasteiger partial charge in [-0.1, -0.05) is 54.5 Å². The molecular weight excluding hydrogens is 477 g/mol. The number of rotatable bonds is 8. The number of hydrogen-bond donors (Lipinski definition) is 3. The molecule has 0 saturated carbocycles.